The fraction of sp³-hybridized carbons (Fsp3) is 0.571. The average Bonchev–Trinajstić information content (AvgIpc) is 2.31. The highest BCUT2D eigenvalue weighted by Gasteiger charge is 2.32. The van der Waals surface area contributed by atoms with Crippen LogP contribution in [0.5, 0.6) is 0 Å². The second-order valence-electron chi connectivity index (χ2n) is 5.56. The SMILES string of the molecule is CC1(C)CN(Cc2ccc(Cl)cc2Cl)CC(CBr)O1. The molecule has 0 aromatic heterocycles. The Morgan fingerprint density at radius 2 is 2.16 bits per heavy atom. The lowest BCUT2D eigenvalue weighted by Gasteiger charge is -2.42. The maximum absolute atomic E-state index is 6.24. The summed E-state index contributed by atoms with van der Waals surface area (Å²) in [6.45, 7) is 6.88. The van der Waals surface area contributed by atoms with E-state index in [1.807, 2.05) is 12.1 Å². The Labute approximate surface area is 133 Å². The number of benzene rings is 1. The van der Waals surface area contributed by atoms with Crippen LogP contribution in [0.3, 0.4) is 0 Å². The zero-order valence-corrected chi connectivity index (χ0v) is 14.2. The van der Waals surface area contributed by atoms with Gasteiger partial charge in [-0.2, -0.15) is 0 Å². The largest absolute Gasteiger partial charge is 0.369 e. The molecule has 1 aliphatic heterocycles. The Morgan fingerprint density at radius 1 is 1.42 bits per heavy atom. The summed E-state index contributed by atoms with van der Waals surface area (Å²) in [5, 5.41) is 2.25. The predicted molar refractivity (Wildman–Crippen MR) is 84.5 cm³/mol. The third-order valence-electron chi connectivity index (χ3n) is 3.13. The predicted octanol–water partition coefficient (Wildman–Crippen LogP) is 4.37. The summed E-state index contributed by atoms with van der Waals surface area (Å²) >= 11 is 15.7. The van der Waals surface area contributed by atoms with Gasteiger partial charge in [0.1, 0.15) is 0 Å². The second kappa shape index (κ2) is 6.31. The van der Waals surface area contributed by atoms with Gasteiger partial charge in [0, 0.05) is 35.0 Å². The van der Waals surface area contributed by atoms with Crippen molar-refractivity contribution in [2.75, 3.05) is 18.4 Å². The molecule has 19 heavy (non-hydrogen) atoms. The molecule has 1 atom stereocenters. The van der Waals surface area contributed by atoms with Gasteiger partial charge >= 0.3 is 0 Å². The van der Waals surface area contributed by atoms with Gasteiger partial charge < -0.3 is 4.74 Å². The van der Waals surface area contributed by atoms with Crippen LogP contribution >= 0.6 is 39.1 Å². The molecule has 0 spiro atoms. The molecule has 0 radical (unpaired) electrons. The lowest BCUT2D eigenvalue weighted by Crippen LogP contribution is -2.52. The molecule has 2 nitrogen and oxygen atoms in total. The highest BCUT2D eigenvalue weighted by atomic mass is 79.9. The zero-order valence-electron chi connectivity index (χ0n) is 11.1. The van der Waals surface area contributed by atoms with Crippen LogP contribution in [0.4, 0.5) is 0 Å². The fourth-order valence-electron chi connectivity index (χ4n) is 2.51. The molecule has 1 aromatic rings. The van der Waals surface area contributed by atoms with Crippen molar-refractivity contribution in [3.8, 4) is 0 Å². The summed E-state index contributed by atoms with van der Waals surface area (Å²) in [6, 6.07) is 5.68. The van der Waals surface area contributed by atoms with E-state index in [0.29, 0.717) is 5.02 Å². The quantitative estimate of drug-likeness (QED) is 0.736. The van der Waals surface area contributed by atoms with Gasteiger partial charge in [-0.15, -0.1) is 0 Å². The molecule has 1 saturated heterocycles. The van der Waals surface area contributed by atoms with Crippen LogP contribution in [0.2, 0.25) is 10.0 Å². The smallest absolute Gasteiger partial charge is 0.0806 e. The number of morpholine rings is 1. The minimum atomic E-state index is -0.129. The summed E-state index contributed by atoms with van der Waals surface area (Å²) in [5.41, 5.74) is 0.979. The number of ether oxygens (including phenoxy) is 1. The van der Waals surface area contributed by atoms with E-state index in [0.717, 1.165) is 35.6 Å². The molecule has 1 fully saturated rings. The Kier molecular flexibility index (Phi) is 5.18. The minimum absolute atomic E-state index is 0.129. The molecule has 1 unspecified atom stereocenters. The van der Waals surface area contributed by atoms with E-state index in [2.05, 4.69) is 34.7 Å². The van der Waals surface area contributed by atoms with Crippen LogP contribution in [0.25, 0.3) is 0 Å². The summed E-state index contributed by atoms with van der Waals surface area (Å²) in [4.78, 5) is 2.38. The monoisotopic (exact) mass is 365 g/mol. The third kappa shape index (κ3) is 4.33. The molecule has 2 rings (SSSR count). The van der Waals surface area contributed by atoms with Crippen molar-refractivity contribution < 1.29 is 4.74 Å². The van der Waals surface area contributed by atoms with Gasteiger partial charge in [-0.25, -0.2) is 0 Å². The Bertz CT molecular complexity index is 453. The fourth-order valence-corrected chi connectivity index (χ4v) is 3.31. The van der Waals surface area contributed by atoms with Crippen molar-refractivity contribution in [1.82, 2.24) is 4.90 Å². The standard InChI is InChI=1S/C14H18BrCl2NO/c1-14(2)9-18(8-12(6-15)19-14)7-10-3-4-11(16)5-13(10)17/h3-5,12H,6-9H2,1-2H3. The maximum atomic E-state index is 6.24. The summed E-state index contributed by atoms with van der Waals surface area (Å²) < 4.78 is 6.00. The van der Waals surface area contributed by atoms with Gasteiger partial charge in [-0.1, -0.05) is 45.2 Å². The van der Waals surface area contributed by atoms with Crippen LogP contribution in [0, 0.1) is 0 Å². The van der Waals surface area contributed by atoms with Crippen LogP contribution in [-0.2, 0) is 11.3 Å². The lowest BCUT2D eigenvalue weighted by molar-refractivity contribution is -0.128. The first kappa shape index (κ1) is 15.6. The molecule has 1 aliphatic rings. The number of halogens is 3. The molecular weight excluding hydrogens is 349 g/mol. The molecular formula is C14H18BrCl2NO. The van der Waals surface area contributed by atoms with Crippen LogP contribution in [0.1, 0.15) is 19.4 Å². The van der Waals surface area contributed by atoms with Crippen molar-refractivity contribution in [3.05, 3.63) is 33.8 Å². The minimum Gasteiger partial charge on any atom is -0.369 e. The number of hydrogen-bond donors (Lipinski definition) is 0. The summed E-state index contributed by atoms with van der Waals surface area (Å²) in [6.07, 6.45) is 0.217. The molecule has 1 heterocycles. The van der Waals surface area contributed by atoms with Crippen LogP contribution < -0.4 is 0 Å². The number of nitrogens with zero attached hydrogens (tertiary/aromatic N) is 1. The second-order valence-corrected chi connectivity index (χ2v) is 7.05. The van der Waals surface area contributed by atoms with E-state index in [4.69, 9.17) is 27.9 Å². The molecule has 1 aromatic carbocycles. The first-order valence-corrected chi connectivity index (χ1v) is 8.17. The van der Waals surface area contributed by atoms with E-state index in [1.54, 1.807) is 6.07 Å². The lowest BCUT2D eigenvalue weighted by atomic mass is 10.0. The maximum Gasteiger partial charge on any atom is 0.0806 e. The molecule has 0 aliphatic carbocycles. The van der Waals surface area contributed by atoms with E-state index >= 15 is 0 Å². The van der Waals surface area contributed by atoms with E-state index in [9.17, 15) is 0 Å². The molecule has 5 heteroatoms. The van der Waals surface area contributed by atoms with Crippen LogP contribution in [0.15, 0.2) is 18.2 Å². The third-order valence-corrected chi connectivity index (χ3v) is 4.44. The van der Waals surface area contributed by atoms with Crippen molar-refractivity contribution in [2.24, 2.45) is 0 Å². The summed E-state index contributed by atoms with van der Waals surface area (Å²) in [5.74, 6) is 0. The Balaban J connectivity index is 2.09. The van der Waals surface area contributed by atoms with Gasteiger partial charge in [0.05, 0.1) is 11.7 Å². The molecule has 0 bridgehead atoms. The van der Waals surface area contributed by atoms with Crippen molar-refractivity contribution in [1.29, 1.82) is 0 Å². The highest BCUT2D eigenvalue weighted by molar-refractivity contribution is 9.09. The number of rotatable bonds is 3. The molecule has 0 N–H and O–H groups in total. The van der Waals surface area contributed by atoms with Gasteiger partial charge in [0.15, 0.2) is 0 Å². The van der Waals surface area contributed by atoms with E-state index in [1.165, 1.54) is 0 Å². The average molecular weight is 367 g/mol. The molecule has 0 amide bonds. The van der Waals surface area contributed by atoms with Gasteiger partial charge in [-0.05, 0) is 31.5 Å². The van der Waals surface area contributed by atoms with E-state index in [-0.39, 0.29) is 11.7 Å². The Hall–Kier alpha value is 0.200. The van der Waals surface area contributed by atoms with Crippen molar-refractivity contribution >= 4 is 39.1 Å². The zero-order chi connectivity index (χ0) is 14.0. The van der Waals surface area contributed by atoms with Crippen molar-refractivity contribution in [3.63, 3.8) is 0 Å². The first-order valence-electron chi connectivity index (χ1n) is 6.30. The topological polar surface area (TPSA) is 12.5 Å². The number of alkyl halides is 1. The van der Waals surface area contributed by atoms with E-state index < -0.39 is 0 Å². The van der Waals surface area contributed by atoms with Crippen molar-refractivity contribution in [2.45, 2.75) is 32.1 Å². The highest BCUT2D eigenvalue weighted by Crippen LogP contribution is 2.26. The van der Waals surface area contributed by atoms with Gasteiger partial charge in [0.25, 0.3) is 0 Å². The normalized spacial score (nSPS) is 23.5. The molecule has 0 saturated carbocycles. The van der Waals surface area contributed by atoms with Crippen LogP contribution in [-0.4, -0.2) is 35.0 Å². The van der Waals surface area contributed by atoms with Gasteiger partial charge in [-0.3, -0.25) is 4.90 Å². The summed E-state index contributed by atoms with van der Waals surface area (Å²) in [7, 11) is 0. The number of hydrogen-bond acceptors (Lipinski definition) is 2. The Morgan fingerprint density at radius 3 is 2.79 bits per heavy atom. The molecule has 106 valence electrons. The first-order chi connectivity index (χ1) is 8.89. The van der Waals surface area contributed by atoms with Gasteiger partial charge in [0.2, 0.25) is 0 Å².